The Morgan fingerprint density at radius 3 is 2.86 bits per heavy atom. The van der Waals surface area contributed by atoms with Gasteiger partial charge in [-0.05, 0) is 43.2 Å². The third-order valence-corrected chi connectivity index (χ3v) is 7.02. The van der Waals surface area contributed by atoms with Crippen LogP contribution < -0.4 is 9.62 Å². The number of fused-ring (bicyclic) bond motifs is 1. The van der Waals surface area contributed by atoms with E-state index < -0.39 is 10.0 Å². The molecule has 8 nitrogen and oxygen atoms in total. The van der Waals surface area contributed by atoms with Crippen molar-refractivity contribution >= 4 is 38.9 Å². The van der Waals surface area contributed by atoms with Gasteiger partial charge in [-0.1, -0.05) is 17.7 Å². The number of hydrogen-bond acceptors (Lipinski definition) is 5. The maximum Gasteiger partial charge on any atom is 0.251 e. The molecule has 1 aliphatic heterocycles. The number of anilines is 1. The molecule has 3 heterocycles. The fraction of sp³-hybridized carbons (Fsp3) is 0.316. The molecule has 3 aromatic rings. The molecule has 0 radical (unpaired) electrons. The van der Waals surface area contributed by atoms with Crippen molar-refractivity contribution in [3.05, 3.63) is 59.0 Å². The highest BCUT2D eigenvalue weighted by molar-refractivity contribution is 7.92. The Labute approximate surface area is 173 Å². The molecule has 1 aliphatic rings. The van der Waals surface area contributed by atoms with E-state index in [9.17, 15) is 13.2 Å². The third-order valence-electron chi connectivity index (χ3n) is 4.84. The standard InChI is InChI=1S/C19H20ClN5O3S/c20-15-7-6-14(13-16(15)25-11-3-4-12-29(25,27)28)19(26)21-9-8-18-23-22-17-5-1-2-10-24(17)18/h1-2,5-7,10,13H,3-4,8-9,11-12H2,(H,21,26). The third kappa shape index (κ3) is 4.06. The van der Waals surface area contributed by atoms with Crippen LogP contribution in [0.3, 0.4) is 0 Å². The van der Waals surface area contributed by atoms with Crippen molar-refractivity contribution in [1.82, 2.24) is 19.9 Å². The molecule has 1 fully saturated rings. The van der Waals surface area contributed by atoms with E-state index in [0.717, 1.165) is 17.9 Å². The summed E-state index contributed by atoms with van der Waals surface area (Å²) < 4.78 is 27.9. The molecule has 1 N–H and O–H groups in total. The number of pyridine rings is 1. The maximum atomic E-state index is 12.6. The van der Waals surface area contributed by atoms with E-state index in [1.165, 1.54) is 10.4 Å². The summed E-state index contributed by atoms with van der Waals surface area (Å²) in [6.07, 6.45) is 3.78. The molecule has 0 unspecified atom stereocenters. The zero-order chi connectivity index (χ0) is 20.4. The maximum absolute atomic E-state index is 12.6. The van der Waals surface area contributed by atoms with Crippen LogP contribution in [0, 0.1) is 0 Å². The zero-order valence-corrected chi connectivity index (χ0v) is 17.2. The number of nitrogens with one attached hydrogen (secondary N) is 1. The normalized spacial score (nSPS) is 16.1. The first kappa shape index (κ1) is 19.7. The van der Waals surface area contributed by atoms with Gasteiger partial charge in [-0.2, -0.15) is 0 Å². The molecule has 1 amide bonds. The summed E-state index contributed by atoms with van der Waals surface area (Å²) in [5, 5.41) is 11.4. The smallest absolute Gasteiger partial charge is 0.251 e. The minimum absolute atomic E-state index is 0.0893. The van der Waals surface area contributed by atoms with Gasteiger partial charge < -0.3 is 5.32 Å². The van der Waals surface area contributed by atoms with Crippen molar-refractivity contribution in [2.75, 3.05) is 23.1 Å². The number of sulfonamides is 1. The topological polar surface area (TPSA) is 96.7 Å². The Morgan fingerprint density at radius 2 is 2.03 bits per heavy atom. The van der Waals surface area contributed by atoms with Crippen LogP contribution in [0.5, 0.6) is 0 Å². The van der Waals surface area contributed by atoms with E-state index in [1.807, 2.05) is 28.8 Å². The molecule has 1 saturated heterocycles. The molecule has 1 aromatic carbocycles. The van der Waals surface area contributed by atoms with E-state index >= 15 is 0 Å². The number of aromatic nitrogens is 3. The second kappa shape index (κ2) is 8.00. The van der Waals surface area contributed by atoms with Crippen LogP contribution in [0.2, 0.25) is 5.02 Å². The molecule has 10 heteroatoms. The van der Waals surface area contributed by atoms with Gasteiger partial charge in [-0.15, -0.1) is 10.2 Å². The second-order valence-electron chi connectivity index (χ2n) is 6.81. The van der Waals surface area contributed by atoms with Gasteiger partial charge in [-0.25, -0.2) is 8.42 Å². The van der Waals surface area contributed by atoms with Crippen molar-refractivity contribution in [3.63, 3.8) is 0 Å². The number of benzene rings is 1. The summed E-state index contributed by atoms with van der Waals surface area (Å²) in [5.41, 5.74) is 1.46. The van der Waals surface area contributed by atoms with Crippen molar-refractivity contribution in [2.24, 2.45) is 0 Å². The number of amides is 1. The van der Waals surface area contributed by atoms with Crippen LogP contribution >= 0.6 is 11.6 Å². The minimum Gasteiger partial charge on any atom is -0.352 e. The molecule has 29 heavy (non-hydrogen) atoms. The molecule has 2 aromatic heterocycles. The lowest BCUT2D eigenvalue weighted by atomic mass is 10.1. The van der Waals surface area contributed by atoms with Crippen LogP contribution in [0.4, 0.5) is 5.69 Å². The Hall–Kier alpha value is -2.65. The molecular weight excluding hydrogens is 414 g/mol. The molecule has 0 saturated carbocycles. The zero-order valence-electron chi connectivity index (χ0n) is 15.6. The number of carbonyl (C=O) groups excluding carboxylic acids is 1. The number of rotatable bonds is 5. The van der Waals surface area contributed by atoms with Gasteiger partial charge in [0.2, 0.25) is 10.0 Å². The van der Waals surface area contributed by atoms with Crippen molar-refractivity contribution in [1.29, 1.82) is 0 Å². The fourth-order valence-corrected chi connectivity index (χ4v) is 5.27. The number of carbonyl (C=O) groups is 1. The minimum atomic E-state index is -3.41. The summed E-state index contributed by atoms with van der Waals surface area (Å²) in [5.74, 6) is 0.537. The molecule has 0 spiro atoms. The first-order valence-corrected chi connectivity index (χ1v) is 11.3. The highest BCUT2D eigenvalue weighted by Crippen LogP contribution is 2.31. The van der Waals surface area contributed by atoms with Crippen molar-refractivity contribution in [3.8, 4) is 0 Å². The summed E-state index contributed by atoms with van der Waals surface area (Å²) in [4.78, 5) is 12.6. The van der Waals surface area contributed by atoms with Crippen LogP contribution in [-0.4, -0.2) is 47.8 Å². The van der Waals surface area contributed by atoms with E-state index in [2.05, 4.69) is 15.5 Å². The Balaban J connectivity index is 1.46. The van der Waals surface area contributed by atoms with Gasteiger partial charge in [0.15, 0.2) is 5.65 Å². The lowest BCUT2D eigenvalue weighted by molar-refractivity contribution is 0.0954. The average Bonchev–Trinajstić information content (AvgIpc) is 3.11. The Morgan fingerprint density at radius 1 is 1.17 bits per heavy atom. The first-order chi connectivity index (χ1) is 14.0. The van der Waals surface area contributed by atoms with Crippen LogP contribution in [0.1, 0.15) is 29.0 Å². The average molecular weight is 434 g/mol. The van der Waals surface area contributed by atoms with E-state index in [1.54, 1.807) is 12.1 Å². The Kier molecular flexibility index (Phi) is 5.42. The van der Waals surface area contributed by atoms with E-state index in [4.69, 9.17) is 11.6 Å². The predicted octanol–water partition coefficient (Wildman–Crippen LogP) is 2.29. The molecule has 0 bridgehead atoms. The highest BCUT2D eigenvalue weighted by atomic mass is 35.5. The van der Waals surface area contributed by atoms with Crippen molar-refractivity contribution < 1.29 is 13.2 Å². The molecule has 4 rings (SSSR count). The monoisotopic (exact) mass is 433 g/mol. The highest BCUT2D eigenvalue weighted by Gasteiger charge is 2.28. The van der Waals surface area contributed by atoms with Gasteiger partial charge >= 0.3 is 0 Å². The number of nitrogens with zero attached hydrogens (tertiary/aromatic N) is 4. The lowest BCUT2D eigenvalue weighted by Crippen LogP contribution is -2.38. The summed E-state index contributed by atoms with van der Waals surface area (Å²) in [7, 11) is -3.41. The predicted molar refractivity (Wildman–Crippen MR) is 111 cm³/mol. The largest absolute Gasteiger partial charge is 0.352 e. The number of halogens is 1. The quantitative estimate of drug-likeness (QED) is 0.665. The molecular formula is C19H20ClN5O3S. The van der Waals surface area contributed by atoms with Gasteiger partial charge in [0.25, 0.3) is 5.91 Å². The van der Waals surface area contributed by atoms with Crippen LogP contribution in [-0.2, 0) is 16.4 Å². The van der Waals surface area contributed by atoms with Gasteiger partial charge in [-0.3, -0.25) is 13.5 Å². The van der Waals surface area contributed by atoms with Gasteiger partial charge in [0, 0.05) is 31.3 Å². The van der Waals surface area contributed by atoms with Gasteiger partial charge in [0.1, 0.15) is 5.82 Å². The summed E-state index contributed by atoms with van der Waals surface area (Å²) in [6.45, 7) is 0.738. The summed E-state index contributed by atoms with van der Waals surface area (Å²) >= 11 is 6.23. The molecule has 0 aliphatic carbocycles. The number of hydrogen-bond donors (Lipinski definition) is 1. The van der Waals surface area contributed by atoms with Gasteiger partial charge in [0.05, 0.1) is 16.5 Å². The van der Waals surface area contributed by atoms with Crippen LogP contribution in [0.15, 0.2) is 42.6 Å². The SMILES string of the molecule is O=C(NCCc1nnc2ccccn12)c1ccc(Cl)c(N2CCCCS2(=O)=O)c1. The van der Waals surface area contributed by atoms with Crippen molar-refractivity contribution in [2.45, 2.75) is 19.3 Å². The van der Waals surface area contributed by atoms with Crippen LogP contribution in [0.25, 0.3) is 5.65 Å². The fourth-order valence-electron chi connectivity index (χ4n) is 3.36. The van der Waals surface area contributed by atoms with E-state index in [-0.39, 0.29) is 11.7 Å². The summed E-state index contributed by atoms with van der Waals surface area (Å²) in [6, 6.07) is 10.3. The van der Waals surface area contributed by atoms with E-state index in [0.29, 0.717) is 42.2 Å². The molecule has 152 valence electrons. The Bertz CT molecular complexity index is 1160. The lowest BCUT2D eigenvalue weighted by Gasteiger charge is -2.29. The second-order valence-corrected chi connectivity index (χ2v) is 9.23. The molecule has 0 atom stereocenters. The first-order valence-electron chi connectivity index (χ1n) is 9.32.